The Kier molecular flexibility index (Phi) is 5.73. The Labute approximate surface area is 196 Å². The van der Waals surface area contributed by atoms with Gasteiger partial charge in [-0.15, -0.1) is 11.6 Å². The molecule has 1 aliphatic heterocycles. The van der Waals surface area contributed by atoms with Crippen LogP contribution in [0.2, 0.25) is 0 Å². The van der Waals surface area contributed by atoms with Crippen LogP contribution >= 0.6 is 11.6 Å². The topological polar surface area (TPSA) is 61.2 Å². The Morgan fingerprint density at radius 2 is 1.88 bits per heavy atom. The van der Waals surface area contributed by atoms with Crippen LogP contribution in [0.4, 0.5) is 0 Å². The molecule has 0 saturated carbocycles. The van der Waals surface area contributed by atoms with E-state index in [4.69, 9.17) is 21.3 Å². The smallest absolute Gasteiger partial charge is 0.338 e. The lowest BCUT2D eigenvalue weighted by molar-refractivity contribution is 0.0500. The van der Waals surface area contributed by atoms with E-state index in [0.717, 1.165) is 45.4 Å². The highest BCUT2D eigenvalue weighted by atomic mass is 35.5. The maximum absolute atomic E-state index is 12.7. The number of hydrogen-bond acceptors (Lipinski definition) is 4. The highest BCUT2D eigenvalue weighted by Gasteiger charge is 2.25. The molecule has 33 heavy (non-hydrogen) atoms. The Bertz CT molecular complexity index is 1420. The van der Waals surface area contributed by atoms with Gasteiger partial charge in [-0.2, -0.15) is 0 Å². The van der Waals surface area contributed by atoms with E-state index in [-0.39, 0.29) is 11.5 Å². The van der Waals surface area contributed by atoms with Crippen LogP contribution in [0.3, 0.4) is 0 Å². The summed E-state index contributed by atoms with van der Waals surface area (Å²) in [5.41, 5.74) is 7.11. The largest absolute Gasteiger partial charge is 0.462 e. The van der Waals surface area contributed by atoms with E-state index in [0.29, 0.717) is 31.0 Å². The SMILES string of the molecule is Cc1ccc2n(c1=O)Cc1c-2nc2ccccc2c1CCCOC(=O)c1ccc(CCl)cc1. The van der Waals surface area contributed by atoms with Crippen molar-refractivity contribution in [3.63, 3.8) is 0 Å². The van der Waals surface area contributed by atoms with Crippen molar-refractivity contribution in [2.45, 2.75) is 32.2 Å². The first kappa shape index (κ1) is 21.4. The van der Waals surface area contributed by atoms with Crippen LogP contribution in [0, 0.1) is 6.92 Å². The van der Waals surface area contributed by atoms with Gasteiger partial charge < -0.3 is 9.30 Å². The van der Waals surface area contributed by atoms with Gasteiger partial charge in [-0.25, -0.2) is 9.78 Å². The third-order valence-corrected chi connectivity index (χ3v) is 6.49. The van der Waals surface area contributed by atoms with Crippen LogP contribution < -0.4 is 5.56 Å². The first-order valence-corrected chi connectivity index (χ1v) is 11.5. The normalized spacial score (nSPS) is 11.9. The molecule has 5 nitrogen and oxygen atoms in total. The standard InChI is InChI=1S/C27H23ClN2O3/c1-17-8-13-24-25-22(16-30(24)26(17)31)20(21-5-2-3-7-23(21)29-25)6-4-14-33-27(32)19-11-9-18(15-28)10-12-19/h2-3,5,7-13H,4,6,14-16H2,1H3. The molecule has 6 heteroatoms. The molecule has 0 atom stereocenters. The van der Waals surface area contributed by atoms with E-state index in [9.17, 15) is 9.59 Å². The zero-order valence-corrected chi connectivity index (χ0v) is 19.1. The van der Waals surface area contributed by atoms with E-state index in [1.165, 1.54) is 5.56 Å². The summed E-state index contributed by atoms with van der Waals surface area (Å²) >= 11 is 5.81. The molecule has 2 aromatic heterocycles. The van der Waals surface area contributed by atoms with Gasteiger partial charge in [0.1, 0.15) is 0 Å². The monoisotopic (exact) mass is 458 g/mol. The molecule has 2 aromatic carbocycles. The zero-order valence-electron chi connectivity index (χ0n) is 18.3. The number of pyridine rings is 2. The summed E-state index contributed by atoms with van der Waals surface area (Å²) in [7, 11) is 0. The van der Waals surface area contributed by atoms with Crippen LogP contribution in [0.5, 0.6) is 0 Å². The second-order valence-electron chi connectivity index (χ2n) is 8.30. The van der Waals surface area contributed by atoms with Crippen molar-refractivity contribution in [3.8, 4) is 11.4 Å². The molecular weight excluding hydrogens is 436 g/mol. The molecule has 0 fully saturated rings. The Morgan fingerprint density at radius 3 is 2.67 bits per heavy atom. The lowest BCUT2D eigenvalue weighted by Gasteiger charge is -2.12. The van der Waals surface area contributed by atoms with E-state index in [2.05, 4.69) is 6.07 Å². The minimum atomic E-state index is -0.338. The summed E-state index contributed by atoms with van der Waals surface area (Å²) in [5.74, 6) is 0.0742. The van der Waals surface area contributed by atoms with Crippen LogP contribution in [-0.4, -0.2) is 22.1 Å². The van der Waals surface area contributed by atoms with Gasteiger partial charge in [0.15, 0.2) is 0 Å². The molecule has 0 unspecified atom stereocenters. The fourth-order valence-electron chi connectivity index (χ4n) is 4.42. The first-order valence-electron chi connectivity index (χ1n) is 11.0. The average Bonchev–Trinajstić information content (AvgIpc) is 3.22. The minimum Gasteiger partial charge on any atom is -0.462 e. The molecule has 0 spiro atoms. The van der Waals surface area contributed by atoms with Gasteiger partial charge in [0, 0.05) is 22.4 Å². The number of halogens is 1. The van der Waals surface area contributed by atoms with Gasteiger partial charge in [-0.3, -0.25) is 4.79 Å². The number of rotatable bonds is 6. The van der Waals surface area contributed by atoms with Gasteiger partial charge in [0.2, 0.25) is 0 Å². The summed E-state index contributed by atoms with van der Waals surface area (Å²) in [6.45, 7) is 2.67. The summed E-state index contributed by atoms with van der Waals surface area (Å²) in [6.07, 6.45) is 1.40. The van der Waals surface area contributed by atoms with Crippen LogP contribution in [0.25, 0.3) is 22.3 Å². The maximum atomic E-state index is 12.7. The van der Waals surface area contributed by atoms with E-state index < -0.39 is 0 Å². The predicted molar refractivity (Wildman–Crippen MR) is 130 cm³/mol. The van der Waals surface area contributed by atoms with E-state index >= 15 is 0 Å². The second-order valence-corrected chi connectivity index (χ2v) is 8.56. The number of nitrogens with zero attached hydrogens (tertiary/aromatic N) is 2. The number of ether oxygens (including phenoxy) is 1. The number of carbonyl (C=O) groups excluding carboxylic acids is 1. The van der Waals surface area contributed by atoms with Crippen LogP contribution in [0.15, 0.2) is 65.5 Å². The van der Waals surface area contributed by atoms with Crippen molar-refractivity contribution >= 4 is 28.5 Å². The van der Waals surface area contributed by atoms with Gasteiger partial charge >= 0.3 is 5.97 Å². The number of para-hydroxylation sites is 1. The van der Waals surface area contributed by atoms with Crippen molar-refractivity contribution in [3.05, 3.63) is 98.8 Å². The van der Waals surface area contributed by atoms with E-state index in [1.807, 2.05) is 49.4 Å². The molecule has 0 amide bonds. The molecular formula is C27H23ClN2O3. The number of aryl methyl sites for hydroxylation is 2. The van der Waals surface area contributed by atoms with E-state index in [1.54, 1.807) is 16.7 Å². The molecule has 1 aliphatic rings. The fraction of sp³-hybridized carbons (Fsp3) is 0.222. The molecule has 0 saturated heterocycles. The molecule has 0 bridgehead atoms. The van der Waals surface area contributed by atoms with Gasteiger partial charge in [0.05, 0.1) is 35.6 Å². The van der Waals surface area contributed by atoms with Crippen molar-refractivity contribution in [2.75, 3.05) is 6.61 Å². The predicted octanol–water partition coefficient (Wildman–Crippen LogP) is 5.26. The molecule has 4 aromatic rings. The molecule has 0 N–H and O–H groups in total. The Morgan fingerprint density at radius 1 is 1.09 bits per heavy atom. The van der Waals surface area contributed by atoms with Crippen molar-refractivity contribution < 1.29 is 9.53 Å². The summed E-state index contributed by atoms with van der Waals surface area (Å²) < 4.78 is 7.31. The van der Waals surface area contributed by atoms with Crippen LogP contribution in [-0.2, 0) is 23.6 Å². The Balaban J connectivity index is 1.38. The summed E-state index contributed by atoms with van der Waals surface area (Å²) in [6, 6.07) is 19.0. The number of hydrogen-bond donors (Lipinski definition) is 0. The Hall–Kier alpha value is -3.44. The third-order valence-electron chi connectivity index (χ3n) is 6.18. The lowest BCUT2D eigenvalue weighted by atomic mass is 9.97. The van der Waals surface area contributed by atoms with Crippen molar-refractivity contribution in [1.29, 1.82) is 0 Å². The first-order chi connectivity index (χ1) is 16.1. The maximum Gasteiger partial charge on any atom is 0.338 e. The number of alkyl halides is 1. The lowest BCUT2D eigenvalue weighted by Crippen LogP contribution is -2.20. The number of benzene rings is 2. The number of fused-ring (bicyclic) bond motifs is 4. The highest BCUT2D eigenvalue weighted by molar-refractivity contribution is 6.17. The summed E-state index contributed by atoms with van der Waals surface area (Å²) in [4.78, 5) is 30.0. The fourth-order valence-corrected chi connectivity index (χ4v) is 4.60. The second kappa shape index (κ2) is 8.83. The molecule has 5 rings (SSSR count). The highest BCUT2D eigenvalue weighted by Crippen LogP contribution is 2.35. The van der Waals surface area contributed by atoms with Gasteiger partial charge in [-0.05, 0) is 55.2 Å². The minimum absolute atomic E-state index is 0.0228. The zero-order chi connectivity index (χ0) is 22.9. The number of aromatic nitrogens is 2. The third kappa shape index (κ3) is 3.93. The molecule has 0 aliphatic carbocycles. The number of esters is 1. The van der Waals surface area contributed by atoms with Crippen molar-refractivity contribution in [1.82, 2.24) is 9.55 Å². The van der Waals surface area contributed by atoms with Gasteiger partial charge in [0.25, 0.3) is 5.56 Å². The van der Waals surface area contributed by atoms with Crippen LogP contribution in [0.1, 0.15) is 39.0 Å². The quantitative estimate of drug-likeness (QED) is 0.198. The molecule has 166 valence electrons. The molecule has 0 radical (unpaired) electrons. The molecule has 3 heterocycles. The van der Waals surface area contributed by atoms with Crippen molar-refractivity contribution in [2.24, 2.45) is 0 Å². The summed E-state index contributed by atoms with van der Waals surface area (Å²) in [5, 5.41) is 1.08. The number of carbonyl (C=O) groups is 1. The van der Waals surface area contributed by atoms with Gasteiger partial charge in [-0.1, -0.05) is 36.4 Å². The average molecular weight is 459 g/mol.